The van der Waals surface area contributed by atoms with Gasteiger partial charge in [0.05, 0.1) is 0 Å². The first-order valence-electron chi connectivity index (χ1n) is 49.9. The number of carbonyl (C=O) groups is 6. The zero-order chi connectivity index (χ0) is 89.4. The van der Waals surface area contributed by atoms with Gasteiger partial charge in [-0.05, 0) is 243 Å². The summed E-state index contributed by atoms with van der Waals surface area (Å²) in [6.45, 7) is 53.6. The molecule has 0 aromatic rings. The van der Waals surface area contributed by atoms with Crippen LogP contribution in [0.3, 0.4) is 0 Å². The summed E-state index contributed by atoms with van der Waals surface area (Å²) >= 11 is 0. The molecule has 13 fully saturated rings. The zero-order valence-corrected chi connectivity index (χ0v) is 81.7. The van der Waals surface area contributed by atoms with Crippen molar-refractivity contribution in [3.63, 3.8) is 0 Å². The average molecular weight is 1720 g/mol. The highest BCUT2D eigenvalue weighted by Crippen LogP contribution is 2.53. The summed E-state index contributed by atoms with van der Waals surface area (Å²) in [6.07, 6.45) is 34.9. The smallest absolute Gasteiger partial charge is 0.349 e. The third kappa shape index (κ3) is 21.1. The first-order chi connectivity index (χ1) is 57.3. The van der Waals surface area contributed by atoms with E-state index in [4.69, 9.17) is 28.4 Å². The topological polar surface area (TPSA) is 213 Å². The van der Waals surface area contributed by atoms with Crippen molar-refractivity contribution in [2.75, 3.05) is 0 Å². The molecule has 7 saturated heterocycles. The Morgan fingerprint density at radius 1 is 0.195 bits per heavy atom. The normalized spacial score (nSPS) is 29.1. The van der Waals surface area contributed by atoms with E-state index in [-0.39, 0.29) is 0 Å². The van der Waals surface area contributed by atoms with Gasteiger partial charge in [0, 0.05) is 180 Å². The van der Waals surface area contributed by atoms with Gasteiger partial charge in [-0.25, -0.2) is 28.8 Å². The number of carbonyl (C=O) groups excluding carboxylic acids is 6. The van der Waals surface area contributed by atoms with Gasteiger partial charge < -0.3 is 44.4 Å². The van der Waals surface area contributed by atoms with Crippen LogP contribution in [0, 0.1) is 0 Å². The molecule has 7 aliphatic heterocycles. The fourth-order valence-corrected chi connectivity index (χ4v) is 30.6. The molecular formula is C102H171N9O12. The standard InChI is InChI=1S/C102H171N9O12/c1-91(2)55-73(56-92(3,4)106(91)67-43-31-25-32-44-67)118-85(112)79(86(113)119-74-57-93(5,6)107(94(7,8)58-74)68-45-33-26-34-46-68)82-103-83(80(87(114)120-75-59-95(9,10)108(96(11,12)60-75)69-47-35-27-36-48-69)88(115)121-76-61-97(13,14)109(98(15,16)62-76)70-49-37-28-38-50-70)105-84(104-82)81(89(116)122-77-63-99(17,18)110(100(19,20)64-77)71-51-39-29-40-52-71)90(117)123-78-65-101(21,22)111(102(23,24)66-78)72-53-41-30-42-54-72/h67-78,103-105H,25-66H2,1-24H3. The summed E-state index contributed by atoms with van der Waals surface area (Å²) in [6, 6.07) is 2.02. The molecule has 0 aromatic heterocycles. The van der Waals surface area contributed by atoms with E-state index in [1.807, 2.05) is 0 Å². The highest BCUT2D eigenvalue weighted by atomic mass is 16.6. The maximum absolute atomic E-state index is 16.8. The van der Waals surface area contributed by atoms with Gasteiger partial charge in [-0.2, -0.15) is 0 Å². The Morgan fingerprint density at radius 3 is 0.407 bits per heavy atom. The van der Waals surface area contributed by atoms with Crippen molar-refractivity contribution < 1.29 is 57.2 Å². The molecule has 0 bridgehead atoms. The molecule has 0 aromatic carbocycles. The first-order valence-corrected chi connectivity index (χ1v) is 49.9. The van der Waals surface area contributed by atoms with Crippen LogP contribution in [-0.4, -0.2) is 205 Å². The van der Waals surface area contributed by atoms with Gasteiger partial charge in [0.15, 0.2) is 16.7 Å². The second kappa shape index (κ2) is 36.5. The van der Waals surface area contributed by atoms with Crippen LogP contribution in [0.15, 0.2) is 34.2 Å². The lowest BCUT2D eigenvalue weighted by molar-refractivity contribution is -0.170. The summed E-state index contributed by atoms with van der Waals surface area (Å²) in [7, 11) is 0. The molecule has 7 heterocycles. The SMILES string of the molecule is CC1(C)CC(OC(=O)C(C(=O)OC2CC(C)(C)N(C3CCCCC3)C(C)(C)C2)=C2NC(=C(C(=O)OC3CC(C)(C)N(C4CCCCC4)C(C)(C)C3)C(=O)OC3CC(C)(C)N(C4CCCCC4)C(C)(C)C3)NC(=C(C(=O)OC3CC(C)(C)N(C4CCCCC4)C(C)(C)C3)C(=O)OC3CC(C)(C)N(C4CCCCC4)C(C)(C)C3)N2)CC(C)(C)N1C1CCCCC1. The lowest BCUT2D eigenvalue weighted by atomic mass is 9.75. The van der Waals surface area contributed by atoms with E-state index >= 15 is 28.8 Å². The maximum Gasteiger partial charge on any atom is 0.349 e. The third-order valence-corrected chi connectivity index (χ3v) is 32.6. The van der Waals surface area contributed by atoms with Gasteiger partial charge in [-0.1, -0.05) is 116 Å². The van der Waals surface area contributed by atoms with E-state index in [0.29, 0.717) is 113 Å². The van der Waals surface area contributed by atoms with Crippen LogP contribution in [0.4, 0.5) is 0 Å². The van der Waals surface area contributed by atoms with E-state index in [2.05, 4.69) is 212 Å². The molecule has 13 aliphatic rings. The molecule has 13 rings (SSSR count). The summed E-state index contributed by atoms with van der Waals surface area (Å²) in [5.74, 6) is -7.33. The van der Waals surface area contributed by atoms with Crippen molar-refractivity contribution in [3.05, 3.63) is 34.2 Å². The summed E-state index contributed by atoms with van der Waals surface area (Å²) in [5, 5.41) is 10.0. The highest BCUT2D eigenvalue weighted by molar-refractivity contribution is 6.17. The van der Waals surface area contributed by atoms with E-state index in [0.717, 1.165) is 154 Å². The van der Waals surface area contributed by atoms with E-state index in [1.165, 1.54) is 38.5 Å². The predicted octanol–water partition coefficient (Wildman–Crippen LogP) is 19.8. The van der Waals surface area contributed by atoms with Gasteiger partial charge >= 0.3 is 35.8 Å². The van der Waals surface area contributed by atoms with Crippen molar-refractivity contribution in [1.29, 1.82) is 0 Å². The molecule has 123 heavy (non-hydrogen) atoms. The Hall–Kier alpha value is -4.80. The molecule has 0 radical (unpaired) electrons. The Labute approximate surface area is 743 Å². The van der Waals surface area contributed by atoms with Crippen LogP contribution < -0.4 is 16.0 Å². The fraction of sp³-hybridized carbons (Fsp3) is 0.882. The molecule has 0 atom stereocenters. The van der Waals surface area contributed by atoms with Crippen molar-refractivity contribution >= 4 is 35.8 Å². The number of nitrogens with zero attached hydrogens (tertiary/aromatic N) is 6. The average Bonchev–Trinajstić information content (AvgIpc) is 0.772. The number of rotatable bonds is 18. The van der Waals surface area contributed by atoms with E-state index in [9.17, 15) is 0 Å². The maximum atomic E-state index is 16.8. The molecule has 0 amide bonds. The van der Waals surface area contributed by atoms with E-state index < -0.39 is 173 Å². The number of hydrogen-bond donors (Lipinski definition) is 3. The molecular weight excluding hydrogens is 1540 g/mol. The number of ether oxygens (including phenoxy) is 6. The minimum Gasteiger partial charge on any atom is -0.458 e. The van der Waals surface area contributed by atoms with E-state index in [1.54, 1.807) is 0 Å². The lowest BCUT2D eigenvalue weighted by Crippen LogP contribution is -2.66. The molecule has 6 aliphatic carbocycles. The number of likely N-dealkylation sites (tertiary alicyclic amines) is 6. The van der Waals surface area contributed by atoms with Crippen molar-refractivity contribution in [2.45, 2.75) is 575 Å². The minimum atomic E-state index is -1.03. The van der Waals surface area contributed by atoms with Gasteiger partial charge in [-0.3, -0.25) is 29.4 Å². The molecule has 0 spiro atoms. The summed E-state index contributed by atoms with van der Waals surface area (Å²) in [5.41, 5.74) is -7.38. The van der Waals surface area contributed by atoms with Crippen LogP contribution in [0.25, 0.3) is 0 Å². The number of esters is 6. The van der Waals surface area contributed by atoms with Crippen LogP contribution >= 0.6 is 0 Å². The Kier molecular flexibility index (Phi) is 28.4. The molecule has 3 N–H and O–H groups in total. The predicted molar refractivity (Wildman–Crippen MR) is 486 cm³/mol. The molecule has 696 valence electrons. The zero-order valence-electron chi connectivity index (χ0n) is 81.7. The number of piperidine rings is 6. The highest BCUT2D eigenvalue weighted by Gasteiger charge is 2.58. The molecule has 21 nitrogen and oxygen atoms in total. The largest absolute Gasteiger partial charge is 0.458 e. The molecule has 21 heteroatoms. The minimum absolute atomic E-state index is 0.337. The second-order valence-corrected chi connectivity index (χ2v) is 49.0. The Balaban J connectivity index is 1.00. The van der Waals surface area contributed by atoms with Crippen LogP contribution in [0.2, 0.25) is 0 Å². The van der Waals surface area contributed by atoms with Crippen LogP contribution in [0.5, 0.6) is 0 Å². The van der Waals surface area contributed by atoms with Gasteiger partial charge in [-0.15, -0.1) is 0 Å². The van der Waals surface area contributed by atoms with Gasteiger partial charge in [0.25, 0.3) is 0 Å². The van der Waals surface area contributed by atoms with Crippen molar-refractivity contribution in [3.8, 4) is 0 Å². The van der Waals surface area contributed by atoms with Crippen molar-refractivity contribution in [1.82, 2.24) is 45.3 Å². The monoisotopic (exact) mass is 1710 g/mol. The summed E-state index contributed by atoms with van der Waals surface area (Å²) < 4.78 is 42.0. The van der Waals surface area contributed by atoms with Gasteiger partial charge in [0.1, 0.15) is 54.1 Å². The van der Waals surface area contributed by atoms with Crippen LogP contribution in [0.1, 0.15) is 436 Å². The Morgan fingerprint density at radius 2 is 0.301 bits per heavy atom. The first kappa shape index (κ1) is 95.8. The number of hydrogen-bond acceptors (Lipinski definition) is 21. The lowest BCUT2D eigenvalue weighted by Gasteiger charge is -2.58. The molecule has 0 unspecified atom stereocenters. The van der Waals surface area contributed by atoms with Crippen molar-refractivity contribution in [2.24, 2.45) is 0 Å². The van der Waals surface area contributed by atoms with Gasteiger partial charge in [0.2, 0.25) is 0 Å². The summed E-state index contributed by atoms with van der Waals surface area (Å²) in [4.78, 5) is 117. The van der Waals surface area contributed by atoms with Crippen LogP contribution in [-0.2, 0) is 57.2 Å². The molecule has 6 saturated carbocycles. The third-order valence-electron chi connectivity index (χ3n) is 32.6. The fourth-order valence-electron chi connectivity index (χ4n) is 30.6. The quantitative estimate of drug-likeness (QED) is 0.0383. The number of nitrogens with one attached hydrogen (secondary N) is 3. The Bertz CT molecular complexity index is 3150. The second-order valence-electron chi connectivity index (χ2n) is 49.0.